The SMILES string of the molecule is CCCCCCCCCCCCCCCCCCCCCC/C=C/C(O)C(CO)NC(=O)CCCCCCCCCC/C=C\CCCCCCCCCCCCCCOC(=O)CCCCCCCCCCCCCCCCCC. The van der Waals surface area contributed by atoms with E-state index in [1.165, 1.54) is 340 Å². The highest BCUT2D eigenvalue weighted by Gasteiger charge is 2.18. The predicted octanol–water partition coefficient (Wildman–Crippen LogP) is 23.3. The number of aliphatic hydroxyl groups excluding tert-OH is 2. The number of carbonyl (C=O) groups is 2. The lowest BCUT2D eigenvalue weighted by molar-refractivity contribution is -0.143. The van der Waals surface area contributed by atoms with Gasteiger partial charge >= 0.3 is 5.97 Å². The van der Waals surface area contributed by atoms with Crippen molar-refractivity contribution in [2.24, 2.45) is 0 Å². The molecule has 79 heavy (non-hydrogen) atoms. The monoisotopic (exact) mass is 1110 g/mol. The van der Waals surface area contributed by atoms with E-state index in [2.05, 4.69) is 31.3 Å². The van der Waals surface area contributed by atoms with Crippen molar-refractivity contribution in [2.45, 2.75) is 418 Å². The molecule has 0 fully saturated rings. The summed E-state index contributed by atoms with van der Waals surface area (Å²) in [6.45, 7) is 4.95. The van der Waals surface area contributed by atoms with Crippen LogP contribution in [0.2, 0.25) is 0 Å². The van der Waals surface area contributed by atoms with Crippen molar-refractivity contribution >= 4 is 11.9 Å². The summed E-state index contributed by atoms with van der Waals surface area (Å²) in [4.78, 5) is 24.6. The molecule has 2 atom stereocenters. The first-order valence-corrected chi connectivity index (χ1v) is 36.1. The molecule has 0 radical (unpaired) electrons. The molecule has 0 aromatic rings. The third kappa shape index (κ3) is 65.4. The molecule has 6 nitrogen and oxygen atoms in total. The van der Waals surface area contributed by atoms with Crippen LogP contribution in [-0.2, 0) is 14.3 Å². The van der Waals surface area contributed by atoms with Crippen LogP contribution in [0.25, 0.3) is 0 Å². The molecule has 0 aromatic carbocycles. The third-order valence-electron chi connectivity index (χ3n) is 17.0. The number of hydrogen-bond donors (Lipinski definition) is 3. The molecule has 0 saturated heterocycles. The summed E-state index contributed by atoms with van der Waals surface area (Å²) in [5, 5.41) is 23.3. The van der Waals surface area contributed by atoms with E-state index in [-0.39, 0.29) is 18.5 Å². The fraction of sp³-hybridized carbons (Fsp3) is 0.918. The minimum Gasteiger partial charge on any atom is -0.466 e. The average molecular weight is 1110 g/mol. The Balaban J connectivity index is 3.42. The lowest BCUT2D eigenvalue weighted by atomic mass is 10.0. The molecule has 0 aliphatic carbocycles. The van der Waals surface area contributed by atoms with Gasteiger partial charge < -0.3 is 20.3 Å². The topological polar surface area (TPSA) is 95.9 Å². The average Bonchev–Trinajstić information content (AvgIpc) is 3.45. The standard InChI is InChI=1S/C73H141NO5/c1-3-5-7-9-11-13-15-17-19-21-22-23-28-31-34-37-41-45-49-53-57-61-65-71(76)70(69-75)74-72(77)66-62-58-54-50-46-42-38-35-32-29-26-24-25-27-30-33-36-40-44-48-52-56-60-64-68-79-73(78)67-63-59-55-51-47-43-39-20-18-16-14-12-10-8-6-4-2/h26,29,61,65,70-71,75-76H,3-25,27-28,30-60,62-64,66-69H2,1-2H3,(H,74,77)/b29-26-,65-61+. The molecular weight excluding hydrogens is 971 g/mol. The van der Waals surface area contributed by atoms with Crippen molar-refractivity contribution in [3.63, 3.8) is 0 Å². The van der Waals surface area contributed by atoms with Gasteiger partial charge in [-0.1, -0.05) is 359 Å². The summed E-state index contributed by atoms with van der Waals surface area (Å²) in [5.41, 5.74) is 0. The van der Waals surface area contributed by atoms with E-state index in [1.807, 2.05) is 6.08 Å². The number of nitrogens with one attached hydrogen (secondary N) is 1. The van der Waals surface area contributed by atoms with Gasteiger partial charge in [-0.25, -0.2) is 0 Å². The number of aliphatic hydroxyl groups is 2. The number of esters is 1. The molecule has 468 valence electrons. The number of allylic oxidation sites excluding steroid dienone is 3. The highest BCUT2D eigenvalue weighted by atomic mass is 16.5. The summed E-state index contributed by atoms with van der Waals surface area (Å²) in [6, 6.07) is -0.632. The van der Waals surface area contributed by atoms with Crippen molar-refractivity contribution in [1.29, 1.82) is 0 Å². The van der Waals surface area contributed by atoms with E-state index < -0.39 is 12.1 Å². The highest BCUT2D eigenvalue weighted by Crippen LogP contribution is 2.19. The van der Waals surface area contributed by atoms with Crippen LogP contribution >= 0.6 is 0 Å². The molecule has 0 heterocycles. The largest absolute Gasteiger partial charge is 0.466 e. The van der Waals surface area contributed by atoms with Gasteiger partial charge in [-0.3, -0.25) is 9.59 Å². The van der Waals surface area contributed by atoms with Crippen molar-refractivity contribution in [3.05, 3.63) is 24.3 Å². The Hall–Kier alpha value is -1.66. The smallest absolute Gasteiger partial charge is 0.305 e. The Labute approximate surface area is 494 Å². The van der Waals surface area contributed by atoms with Crippen LogP contribution in [0.4, 0.5) is 0 Å². The van der Waals surface area contributed by atoms with Crippen LogP contribution in [0.1, 0.15) is 406 Å². The number of amides is 1. The summed E-state index contributed by atoms with van der Waals surface area (Å²) >= 11 is 0. The van der Waals surface area contributed by atoms with Gasteiger partial charge in [0.15, 0.2) is 0 Å². The molecule has 0 spiro atoms. The Bertz CT molecular complexity index is 1230. The lowest BCUT2D eigenvalue weighted by Crippen LogP contribution is -2.45. The fourth-order valence-corrected chi connectivity index (χ4v) is 11.5. The summed E-state index contributed by atoms with van der Waals surface area (Å²) in [5.74, 6) is -0.0518. The number of ether oxygens (including phenoxy) is 1. The maximum absolute atomic E-state index is 12.5. The van der Waals surface area contributed by atoms with Crippen molar-refractivity contribution in [2.75, 3.05) is 13.2 Å². The zero-order valence-corrected chi connectivity index (χ0v) is 53.6. The van der Waals surface area contributed by atoms with Crippen molar-refractivity contribution < 1.29 is 24.5 Å². The third-order valence-corrected chi connectivity index (χ3v) is 17.0. The molecule has 0 bridgehead atoms. The van der Waals surface area contributed by atoms with Crippen LogP contribution in [0, 0.1) is 0 Å². The molecule has 0 aromatic heterocycles. The molecule has 6 heteroatoms. The number of hydrogen-bond acceptors (Lipinski definition) is 5. The Morgan fingerprint density at radius 3 is 0.899 bits per heavy atom. The van der Waals surface area contributed by atoms with E-state index in [1.54, 1.807) is 6.08 Å². The van der Waals surface area contributed by atoms with E-state index in [9.17, 15) is 19.8 Å². The molecular formula is C73H141NO5. The van der Waals surface area contributed by atoms with Crippen LogP contribution in [0.3, 0.4) is 0 Å². The second kappa shape index (κ2) is 68.8. The van der Waals surface area contributed by atoms with Crippen molar-refractivity contribution in [1.82, 2.24) is 5.32 Å². The normalized spacial score (nSPS) is 12.6. The van der Waals surface area contributed by atoms with E-state index in [0.717, 1.165) is 38.5 Å². The number of rotatable bonds is 68. The molecule has 1 amide bonds. The first-order chi connectivity index (χ1) is 39.0. The van der Waals surface area contributed by atoms with E-state index in [0.29, 0.717) is 19.4 Å². The lowest BCUT2D eigenvalue weighted by Gasteiger charge is -2.20. The van der Waals surface area contributed by atoms with Crippen LogP contribution in [-0.4, -0.2) is 47.4 Å². The van der Waals surface area contributed by atoms with Crippen LogP contribution in [0.5, 0.6) is 0 Å². The molecule has 0 saturated carbocycles. The van der Waals surface area contributed by atoms with Gasteiger partial charge in [-0.05, 0) is 57.8 Å². The quantitative estimate of drug-likeness (QED) is 0.0320. The molecule has 0 rings (SSSR count). The predicted molar refractivity (Wildman–Crippen MR) is 347 cm³/mol. The minimum atomic E-state index is -0.848. The van der Waals surface area contributed by atoms with Crippen LogP contribution in [0.15, 0.2) is 24.3 Å². The Kier molecular flexibility index (Phi) is 67.4. The van der Waals surface area contributed by atoms with Gasteiger partial charge in [0.2, 0.25) is 5.91 Å². The zero-order chi connectivity index (χ0) is 57.1. The first-order valence-electron chi connectivity index (χ1n) is 36.1. The maximum Gasteiger partial charge on any atom is 0.305 e. The summed E-state index contributed by atoms with van der Waals surface area (Å²) < 4.78 is 5.50. The summed E-state index contributed by atoms with van der Waals surface area (Å²) in [6.07, 6.45) is 86.9. The minimum absolute atomic E-state index is 0.0164. The van der Waals surface area contributed by atoms with Crippen molar-refractivity contribution in [3.8, 4) is 0 Å². The Morgan fingerprint density at radius 2 is 0.595 bits per heavy atom. The van der Waals surface area contributed by atoms with Gasteiger partial charge in [0, 0.05) is 12.8 Å². The van der Waals surface area contributed by atoms with Crippen LogP contribution < -0.4 is 5.32 Å². The van der Waals surface area contributed by atoms with Gasteiger partial charge in [-0.2, -0.15) is 0 Å². The zero-order valence-electron chi connectivity index (χ0n) is 53.6. The molecule has 3 N–H and O–H groups in total. The second-order valence-corrected chi connectivity index (χ2v) is 24.9. The number of unbranched alkanes of at least 4 members (excludes halogenated alkanes) is 55. The van der Waals surface area contributed by atoms with Gasteiger partial charge in [0.05, 0.1) is 25.4 Å². The fourth-order valence-electron chi connectivity index (χ4n) is 11.5. The molecule has 2 unspecified atom stereocenters. The molecule has 0 aliphatic rings. The Morgan fingerprint density at radius 1 is 0.342 bits per heavy atom. The number of carbonyl (C=O) groups excluding carboxylic acids is 2. The highest BCUT2D eigenvalue weighted by molar-refractivity contribution is 5.76. The van der Waals surface area contributed by atoms with E-state index >= 15 is 0 Å². The second-order valence-electron chi connectivity index (χ2n) is 24.9. The summed E-state index contributed by atoms with van der Waals surface area (Å²) in [7, 11) is 0. The van der Waals surface area contributed by atoms with Gasteiger partial charge in [0.1, 0.15) is 0 Å². The maximum atomic E-state index is 12.5. The molecule has 0 aliphatic heterocycles. The van der Waals surface area contributed by atoms with E-state index in [4.69, 9.17) is 4.74 Å². The first kappa shape index (κ1) is 77.3. The van der Waals surface area contributed by atoms with Gasteiger partial charge in [-0.15, -0.1) is 0 Å². The van der Waals surface area contributed by atoms with Gasteiger partial charge in [0.25, 0.3) is 0 Å².